The van der Waals surface area contributed by atoms with Crippen molar-refractivity contribution in [2.45, 2.75) is 154 Å². The van der Waals surface area contributed by atoms with E-state index >= 15 is 0 Å². The number of aromatic nitrogens is 4. The van der Waals surface area contributed by atoms with E-state index in [1.54, 1.807) is 41.9 Å². The van der Waals surface area contributed by atoms with Crippen LogP contribution < -0.4 is 5.32 Å². The molecule has 0 radical (unpaired) electrons. The molecule has 3 fully saturated rings. The molecule has 0 saturated carbocycles. The number of cyclic esters (lactones) is 1. The predicted molar refractivity (Wildman–Crippen MR) is 245 cm³/mol. The number of fused-ring (bicyclic) bond motifs is 2. The molecule has 0 spiro atoms. The van der Waals surface area contributed by atoms with Crippen LogP contribution >= 0.6 is 23.5 Å². The summed E-state index contributed by atoms with van der Waals surface area (Å²) in [5.74, 6) is -3.16. The lowest BCUT2D eigenvalue weighted by Gasteiger charge is -2.46. The molecule has 2 unspecified atom stereocenters. The number of aliphatic hydroxyl groups excluding tert-OH is 1. The molecule has 2 aromatic heterocycles. The second-order valence-electron chi connectivity index (χ2n) is 18.3. The number of para-hydroxylation sites is 1. The first-order valence-corrected chi connectivity index (χ1v) is 24.3. The smallest absolute Gasteiger partial charge is 0.410 e. The first kappa shape index (κ1) is 51.7. The number of aliphatic hydroxyl groups is 1. The molecule has 1 aromatic carbocycles. The third-order valence-corrected chi connectivity index (χ3v) is 14.2. The van der Waals surface area contributed by atoms with Crippen molar-refractivity contribution >= 4 is 51.5 Å². The molecule has 19 heteroatoms. The third-order valence-electron chi connectivity index (χ3n) is 13.1. The van der Waals surface area contributed by atoms with Gasteiger partial charge in [-0.25, -0.2) is 9.78 Å². The first-order valence-electron chi connectivity index (χ1n) is 22.4. The summed E-state index contributed by atoms with van der Waals surface area (Å²) in [7, 11) is 5.40. The molecule has 6 rings (SSSR count). The summed E-state index contributed by atoms with van der Waals surface area (Å²) in [4.78, 5) is 50.7. The lowest BCUT2D eigenvalue weighted by Crippen LogP contribution is -2.61. The number of carbonyl (C=O) groups excluding carboxylic acids is 3. The highest BCUT2D eigenvalue weighted by Gasteiger charge is 2.58. The maximum absolute atomic E-state index is 14.4. The number of nitrogens with one attached hydrogen (secondary N) is 1. The van der Waals surface area contributed by atoms with Gasteiger partial charge in [-0.15, -0.1) is 16.4 Å². The van der Waals surface area contributed by atoms with Gasteiger partial charge in [-0.05, 0) is 105 Å². The average Bonchev–Trinajstić information content (AvgIpc) is 3.98. The van der Waals surface area contributed by atoms with Crippen LogP contribution in [0.15, 0.2) is 30.5 Å². The van der Waals surface area contributed by atoms with E-state index in [4.69, 9.17) is 28.7 Å². The van der Waals surface area contributed by atoms with Gasteiger partial charge in [0.2, 0.25) is 0 Å². The van der Waals surface area contributed by atoms with Gasteiger partial charge in [0.1, 0.15) is 28.8 Å². The van der Waals surface area contributed by atoms with Crippen LogP contribution in [0.4, 0.5) is 8.68 Å². The summed E-state index contributed by atoms with van der Waals surface area (Å²) in [6.07, 6.45) is 1.60. The minimum Gasteiger partial charge on any atom is -0.458 e. The van der Waals surface area contributed by atoms with E-state index in [1.807, 2.05) is 84.1 Å². The van der Waals surface area contributed by atoms with E-state index in [2.05, 4.69) is 22.6 Å². The van der Waals surface area contributed by atoms with Gasteiger partial charge < -0.3 is 39.0 Å². The fourth-order valence-corrected chi connectivity index (χ4v) is 10.6. The van der Waals surface area contributed by atoms with Crippen LogP contribution in [0, 0.1) is 17.8 Å². The molecule has 13 atom stereocenters. The summed E-state index contributed by atoms with van der Waals surface area (Å²) < 4.78 is 44.7. The first-order chi connectivity index (χ1) is 30.3. The Balaban J connectivity index is 0.00000250. The number of aryl methyl sites for hydroxylation is 1. The highest BCUT2D eigenvalue weighted by atomic mass is 32.2. The molecule has 64 heavy (non-hydrogen) atoms. The monoisotopic (exact) mass is 935 g/mol. The normalized spacial score (nSPS) is 34.4. The zero-order valence-electron chi connectivity index (χ0n) is 39.5. The number of likely N-dealkylation sites (N-methyl/N-ethyl adjacent to an activating group) is 1. The summed E-state index contributed by atoms with van der Waals surface area (Å²) >= 11 is 1.83. The number of ether oxygens (including phenoxy) is 5. The third kappa shape index (κ3) is 11.6. The van der Waals surface area contributed by atoms with E-state index in [0.29, 0.717) is 51.0 Å². The van der Waals surface area contributed by atoms with Crippen molar-refractivity contribution in [2.75, 3.05) is 40.6 Å². The van der Waals surface area contributed by atoms with E-state index in [1.165, 1.54) is 6.26 Å². The number of rotatable bonds is 11. The molecule has 0 aliphatic carbocycles. The maximum atomic E-state index is 14.4. The van der Waals surface area contributed by atoms with E-state index in [0.717, 1.165) is 21.6 Å². The number of nitrogens with zero attached hydrogens (tertiary/aromatic N) is 6. The van der Waals surface area contributed by atoms with Crippen LogP contribution in [0.25, 0.3) is 20.9 Å². The lowest BCUT2D eigenvalue weighted by molar-refractivity contribution is -0.295. The van der Waals surface area contributed by atoms with Gasteiger partial charge in [0.15, 0.2) is 17.7 Å². The lowest BCUT2D eigenvalue weighted by atomic mass is 9.78. The number of esters is 1. The van der Waals surface area contributed by atoms with Gasteiger partial charge in [-0.2, -0.15) is 3.89 Å². The SMILES string of the molecule is CC[C@H]1OC(=O)[C@H](C)C(=O)[C@H](C)[C@@H](O[C@@H]2O[C@H](C)CC(N(C)C)C2O)[C@](C)(OC)C[C@@H](C)CN[C@H](C)[C@H]2N(CCCCn3cc(-c4nc5ccccc5s4)nn3)C(=O)O[C@]12C.CSF. The number of ketones is 1. The van der Waals surface area contributed by atoms with Crippen LogP contribution in [0.3, 0.4) is 0 Å². The van der Waals surface area contributed by atoms with E-state index in [-0.39, 0.29) is 36.3 Å². The molecular formula is C45H70FN7O9S2. The van der Waals surface area contributed by atoms with Crippen molar-refractivity contribution in [3.8, 4) is 10.7 Å². The number of unbranched alkanes of at least 4 members (excludes halogenated alkanes) is 1. The number of halogens is 1. The van der Waals surface area contributed by atoms with Gasteiger partial charge in [-0.3, -0.25) is 19.2 Å². The highest BCUT2D eigenvalue weighted by Crippen LogP contribution is 2.40. The van der Waals surface area contributed by atoms with Crippen molar-refractivity contribution in [3.05, 3.63) is 30.5 Å². The Morgan fingerprint density at radius 1 is 1.09 bits per heavy atom. The summed E-state index contributed by atoms with van der Waals surface area (Å²) in [5.41, 5.74) is -0.630. The molecule has 0 bridgehead atoms. The quantitative estimate of drug-likeness (QED) is 0.120. The summed E-state index contributed by atoms with van der Waals surface area (Å²) in [6.45, 7) is 16.5. The standard InChI is InChI=1S/C44H67N7O9S.CH3FS/c1-12-34-44(8)37(51(42(55)60-44)20-16-15-19-50-24-31(47-48-50)39-46-30-17-13-14-18-33(30)61-39)29(6)45-23-25(2)22-43(7,56-11)38(27(4)35(52)28(5)40(54)58-34)59-41-36(53)32(49(9)10)21-26(3)57-41;1-3-2/h13-14,17-18,24-29,32,34,36-38,41,45,53H,12,15-16,19-23H2,1-11H3;1H3/t25-,26-,27+,28-,29-,32?,34-,36?,37-,38-,41+,43-,44-;/m1./s1. The van der Waals surface area contributed by atoms with Crippen molar-refractivity contribution in [1.29, 1.82) is 0 Å². The number of thiazole rings is 1. The number of amides is 1. The number of benzene rings is 1. The minimum absolute atomic E-state index is 0.0121. The van der Waals surface area contributed by atoms with Crippen molar-refractivity contribution in [2.24, 2.45) is 17.8 Å². The Bertz CT molecular complexity index is 1980. The van der Waals surface area contributed by atoms with Crippen molar-refractivity contribution in [1.82, 2.24) is 35.1 Å². The second-order valence-corrected chi connectivity index (χ2v) is 19.6. The fraction of sp³-hybridized carbons (Fsp3) is 0.733. The number of hydrogen-bond donors (Lipinski definition) is 2. The highest BCUT2D eigenvalue weighted by molar-refractivity contribution is 7.93. The van der Waals surface area contributed by atoms with Crippen LogP contribution in [0.1, 0.15) is 87.5 Å². The summed E-state index contributed by atoms with van der Waals surface area (Å²) in [6, 6.07) is 6.94. The molecule has 1 amide bonds. The molecule has 16 nitrogen and oxygen atoms in total. The van der Waals surface area contributed by atoms with Crippen molar-refractivity contribution < 1.29 is 47.1 Å². The topological polar surface area (TPSA) is 180 Å². The molecule has 2 N–H and O–H groups in total. The Labute approximate surface area is 385 Å². The van der Waals surface area contributed by atoms with Crippen molar-refractivity contribution in [3.63, 3.8) is 0 Å². The predicted octanol–water partition coefficient (Wildman–Crippen LogP) is 6.55. The van der Waals surface area contributed by atoms with Gasteiger partial charge in [0, 0.05) is 56.6 Å². The zero-order chi connectivity index (χ0) is 47.1. The van der Waals surface area contributed by atoms with Crippen LogP contribution in [-0.2, 0) is 39.8 Å². The summed E-state index contributed by atoms with van der Waals surface area (Å²) in [5, 5.41) is 24.7. The Morgan fingerprint density at radius 3 is 2.44 bits per heavy atom. The van der Waals surface area contributed by atoms with Gasteiger partial charge >= 0.3 is 12.1 Å². The van der Waals surface area contributed by atoms with E-state index in [9.17, 15) is 23.4 Å². The Morgan fingerprint density at radius 2 is 1.78 bits per heavy atom. The van der Waals surface area contributed by atoms with E-state index < -0.39 is 71.5 Å². The van der Waals surface area contributed by atoms with Gasteiger partial charge in [0.05, 0.1) is 40.3 Å². The Kier molecular flexibility index (Phi) is 18.1. The molecule has 3 aliphatic rings. The number of Topliss-reactive ketones (excluding diaryl/α,β-unsaturated/α-hetero) is 1. The number of methoxy groups -OCH3 is 1. The molecule has 3 saturated heterocycles. The molecule has 3 aliphatic heterocycles. The molecule has 3 aromatic rings. The fourth-order valence-electron chi connectivity index (χ4n) is 9.70. The molecular weight excluding hydrogens is 866 g/mol. The maximum Gasteiger partial charge on any atom is 0.410 e. The average molecular weight is 936 g/mol. The molecule has 358 valence electrons. The zero-order valence-corrected chi connectivity index (χ0v) is 41.1. The van der Waals surface area contributed by atoms with Crippen LogP contribution in [-0.4, -0.2) is 153 Å². The van der Waals surface area contributed by atoms with Gasteiger partial charge in [-0.1, -0.05) is 38.1 Å². The molecule has 5 heterocycles. The van der Waals surface area contributed by atoms with Crippen LogP contribution in [0.5, 0.6) is 0 Å². The van der Waals surface area contributed by atoms with Crippen LogP contribution in [0.2, 0.25) is 0 Å². The van der Waals surface area contributed by atoms with Gasteiger partial charge in [0.25, 0.3) is 0 Å². The number of hydrogen-bond acceptors (Lipinski definition) is 16. The largest absolute Gasteiger partial charge is 0.458 e. The minimum atomic E-state index is -1.23. The second kappa shape index (κ2) is 22.5. The number of carbonyl (C=O) groups is 3. The Hall–Kier alpha value is -3.30.